The lowest BCUT2D eigenvalue weighted by atomic mass is 10.0. The number of nitrogens with two attached hydrogens (primary N) is 1. The lowest BCUT2D eigenvalue weighted by Gasteiger charge is -2.31. The molecule has 0 spiro atoms. The van der Waals surface area contributed by atoms with Gasteiger partial charge in [0.2, 0.25) is 0 Å². The van der Waals surface area contributed by atoms with E-state index < -0.39 is 0 Å². The van der Waals surface area contributed by atoms with Crippen LogP contribution in [0.15, 0.2) is 24.3 Å². The molecule has 0 aliphatic carbocycles. The number of benzene rings is 1. The minimum atomic E-state index is 0.360. The summed E-state index contributed by atoms with van der Waals surface area (Å²) in [5.41, 5.74) is 6.81. The molecule has 0 saturated carbocycles. The SMILES string of the molecule is CC1(C)CCCN1CCCOc1ccc(C(N)=S)cc1. The van der Waals surface area contributed by atoms with Crippen molar-refractivity contribution in [1.82, 2.24) is 4.90 Å². The molecule has 1 fully saturated rings. The number of likely N-dealkylation sites (tertiary alicyclic amines) is 1. The Morgan fingerprint density at radius 3 is 2.60 bits per heavy atom. The highest BCUT2D eigenvalue weighted by Gasteiger charge is 2.30. The number of hydrogen-bond donors (Lipinski definition) is 1. The molecule has 1 heterocycles. The predicted octanol–water partition coefficient (Wildman–Crippen LogP) is 2.96. The molecule has 4 heteroatoms. The fourth-order valence-electron chi connectivity index (χ4n) is 2.74. The minimum absolute atomic E-state index is 0.360. The zero-order valence-electron chi connectivity index (χ0n) is 12.4. The van der Waals surface area contributed by atoms with Crippen LogP contribution in [0.2, 0.25) is 0 Å². The van der Waals surface area contributed by atoms with Gasteiger partial charge < -0.3 is 10.5 Å². The van der Waals surface area contributed by atoms with Gasteiger partial charge in [-0.05, 0) is 63.9 Å². The molecule has 2 N–H and O–H groups in total. The zero-order chi connectivity index (χ0) is 14.6. The lowest BCUT2D eigenvalue weighted by molar-refractivity contribution is 0.160. The summed E-state index contributed by atoms with van der Waals surface area (Å²) >= 11 is 4.93. The molecule has 1 saturated heterocycles. The number of rotatable bonds is 6. The highest BCUT2D eigenvalue weighted by atomic mass is 32.1. The first-order valence-electron chi connectivity index (χ1n) is 7.27. The van der Waals surface area contributed by atoms with Crippen LogP contribution in [0.4, 0.5) is 0 Å². The van der Waals surface area contributed by atoms with E-state index in [9.17, 15) is 0 Å². The fraction of sp³-hybridized carbons (Fsp3) is 0.562. The van der Waals surface area contributed by atoms with Crippen LogP contribution < -0.4 is 10.5 Å². The summed E-state index contributed by atoms with van der Waals surface area (Å²) in [6, 6.07) is 7.66. The second-order valence-corrected chi connectivity index (χ2v) is 6.43. The number of nitrogens with zero attached hydrogens (tertiary/aromatic N) is 1. The van der Waals surface area contributed by atoms with Gasteiger partial charge in [-0.15, -0.1) is 0 Å². The highest BCUT2D eigenvalue weighted by Crippen LogP contribution is 2.27. The van der Waals surface area contributed by atoms with Crippen molar-refractivity contribution in [3.63, 3.8) is 0 Å². The van der Waals surface area contributed by atoms with E-state index >= 15 is 0 Å². The maximum atomic E-state index is 5.76. The van der Waals surface area contributed by atoms with Crippen molar-refractivity contribution in [2.45, 2.75) is 38.6 Å². The minimum Gasteiger partial charge on any atom is -0.494 e. The van der Waals surface area contributed by atoms with Gasteiger partial charge in [0.15, 0.2) is 0 Å². The van der Waals surface area contributed by atoms with Gasteiger partial charge in [-0.2, -0.15) is 0 Å². The van der Waals surface area contributed by atoms with Crippen LogP contribution in [0.25, 0.3) is 0 Å². The smallest absolute Gasteiger partial charge is 0.119 e. The number of thiocarbonyl (C=S) groups is 1. The van der Waals surface area contributed by atoms with E-state index in [2.05, 4.69) is 18.7 Å². The maximum Gasteiger partial charge on any atom is 0.119 e. The standard InChI is InChI=1S/C16H24N2OS/c1-16(2)9-3-10-18(16)11-4-12-19-14-7-5-13(6-8-14)15(17)20/h5-8H,3-4,9-12H2,1-2H3,(H2,17,20). The van der Waals surface area contributed by atoms with E-state index in [0.29, 0.717) is 10.5 Å². The molecule has 0 bridgehead atoms. The Kier molecular flexibility index (Phi) is 5.00. The van der Waals surface area contributed by atoms with Crippen molar-refractivity contribution in [1.29, 1.82) is 0 Å². The molecule has 0 amide bonds. The topological polar surface area (TPSA) is 38.5 Å². The monoisotopic (exact) mass is 292 g/mol. The van der Waals surface area contributed by atoms with Crippen LogP contribution in [-0.2, 0) is 0 Å². The lowest BCUT2D eigenvalue weighted by Crippen LogP contribution is -2.39. The van der Waals surface area contributed by atoms with Gasteiger partial charge in [0.05, 0.1) is 6.61 Å². The second-order valence-electron chi connectivity index (χ2n) is 5.99. The molecule has 1 aromatic rings. The predicted molar refractivity (Wildman–Crippen MR) is 87.3 cm³/mol. The molecule has 0 atom stereocenters. The molecule has 20 heavy (non-hydrogen) atoms. The third kappa shape index (κ3) is 3.93. The highest BCUT2D eigenvalue weighted by molar-refractivity contribution is 7.80. The Hall–Kier alpha value is -1.13. The van der Waals surface area contributed by atoms with Gasteiger partial charge in [0.1, 0.15) is 10.7 Å². The van der Waals surface area contributed by atoms with Crippen molar-refractivity contribution in [2.24, 2.45) is 5.73 Å². The van der Waals surface area contributed by atoms with Crippen molar-refractivity contribution in [3.05, 3.63) is 29.8 Å². The van der Waals surface area contributed by atoms with Gasteiger partial charge in [0, 0.05) is 17.6 Å². The van der Waals surface area contributed by atoms with Crippen LogP contribution in [-0.4, -0.2) is 35.1 Å². The molecule has 1 aliphatic heterocycles. The molecule has 1 aliphatic rings. The summed E-state index contributed by atoms with van der Waals surface area (Å²) in [5, 5.41) is 0. The first-order chi connectivity index (χ1) is 9.49. The fourth-order valence-corrected chi connectivity index (χ4v) is 2.87. The first-order valence-corrected chi connectivity index (χ1v) is 7.67. The normalized spacial score (nSPS) is 18.1. The summed E-state index contributed by atoms with van der Waals surface area (Å²) in [5.74, 6) is 0.880. The van der Waals surface area contributed by atoms with E-state index in [1.165, 1.54) is 19.4 Å². The molecule has 110 valence electrons. The largest absolute Gasteiger partial charge is 0.494 e. The van der Waals surface area contributed by atoms with Crippen molar-refractivity contribution >= 4 is 17.2 Å². The third-order valence-electron chi connectivity index (χ3n) is 4.05. The summed E-state index contributed by atoms with van der Waals surface area (Å²) in [7, 11) is 0. The molecule has 0 aromatic heterocycles. The zero-order valence-corrected chi connectivity index (χ0v) is 13.2. The van der Waals surface area contributed by atoms with E-state index in [4.69, 9.17) is 22.7 Å². The summed E-state index contributed by atoms with van der Waals surface area (Å²) < 4.78 is 5.76. The van der Waals surface area contributed by atoms with Crippen LogP contribution in [0.1, 0.15) is 38.7 Å². The second kappa shape index (κ2) is 6.55. The van der Waals surface area contributed by atoms with Gasteiger partial charge in [-0.3, -0.25) is 4.90 Å². The van der Waals surface area contributed by atoms with E-state index in [-0.39, 0.29) is 0 Å². The van der Waals surface area contributed by atoms with Crippen molar-refractivity contribution in [3.8, 4) is 5.75 Å². The Labute approximate surface area is 127 Å². The Bertz CT molecular complexity index is 456. The molecule has 1 aromatic carbocycles. The first kappa shape index (κ1) is 15.3. The quantitative estimate of drug-likeness (QED) is 0.646. The molecule has 0 radical (unpaired) electrons. The molecule has 2 rings (SSSR count). The Morgan fingerprint density at radius 1 is 1.35 bits per heavy atom. The molecule has 0 unspecified atom stereocenters. The average Bonchev–Trinajstić information content (AvgIpc) is 2.74. The maximum absolute atomic E-state index is 5.76. The Balaban J connectivity index is 1.72. The van der Waals surface area contributed by atoms with Gasteiger partial charge in [-0.1, -0.05) is 12.2 Å². The summed E-state index contributed by atoms with van der Waals surface area (Å²) in [6.07, 6.45) is 3.67. The molecule has 3 nitrogen and oxygen atoms in total. The molecular formula is C16H24N2OS. The van der Waals surface area contributed by atoms with Crippen LogP contribution in [0, 0.1) is 0 Å². The summed E-state index contributed by atoms with van der Waals surface area (Å²) in [4.78, 5) is 2.99. The van der Waals surface area contributed by atoms with Crippen LogP contribution in [0.5, 0.6) is 5.75 Å². The third-order valence-corrected chi connectivity index (χ3v) is 4.29. The Morgan fingerprint density at radius 2 is 2.05 bits per heavy atom. The number of hydrogen-bond acceptors (Lipinski definition) is 3. The average molecular weight is 292 g/mol. The summed E-state index contributed by atoms with van der Waals surface area (Å²) in [6.45, 7) is 7.73. The molecular weight excluding hydrogens is 268 g/mol. The van der Waals surface area contributed by atoms with E-state index in [1.807, 2.05) is 24.3 Å². The van der Waals surface area contributed by atoms with Crippen molar-refractivity contribution in [2.75, 3.05) is 19.7 Å². The van der Waals surface area contributed by atoms with E-state index in [0.717, 1.165) is 30.9 Å². The van der Waals surface area contributed by atoms with Gasteiger partial charge in [0.25, 0.3) is 0 Å². The van der Waals surface area contributed by atoms with E-state index in [1.54, 1.807) is 0 Å². The number of ether oxygens (including phenoxy) is 1. The van der Waals surface area contributed by atoms with Crippen molar-refractivity contribution < 1.29 is 4.74 Å². The van der Waals surface area contributed by atoms with Crippen LogP contribution in [0.3, 0.4) is 0 Å². The van der Waals surface area contributed by atoms with Gasteiger partial charge >= 0.3 is 0 Å². The van der Waals surface area contributed by atoms with Gasteiger partial charge in [-0.25, -0.2) is 0 Å². The van der Waals surface area contributed by atoms with Crippen LogP contribution >= 0.6 is 12.2 Å².